The Hall–Kier alpha value is -4.32. The van der Waals surface area contributed by atoms with Crippen LogP contribution in [-0.4, -0.2) is 53.4 Å². The highest BCUT2D eigenvalue weighted by Gasteiger charge is 2.20. The minimum Gasteiger partial charge on any atom is -0.482 e. The first-order valence-corrected chi connectivity index (χ1v) is 15.0. The topological polar surface area (TPSA) is 31.4 Å². The van der Waals surface area contributed by atoms with Crippen molar-refractivity contribution in [3.63, 3.8) is 0 Å². The van der Waals surface area contributed by atoms with E-state index in [-0.39, 0.29) is 0 Å². The molecule has 0 unspecified atom stereocenters. The monoisotopic (exact) mass is 582 g/mol. The number of anilines is 3. The highest BCUT2D eigenvalue weighted by Crippen LogP contribution is 2.29. The second-order valence-electron chi connectivity index (χ2n) is 11.2. The summed E-state index contributed by atoms with van der Waals surface area (Å²) in [6.45, 7) is 10.0. The number of benzene rings is 3. The van der Waals surface area contributed by atoms with Gasteiger partial charge in [-0.3, -0.25) is 0 Å². The van der Waals surface area contributed by atoms with Crippen molar-refractivity contribution in [2.75, 3.05) is 63.2 Å². The third-order valence-electron chi connectivity index (χ3n) is 7.44. The van der Waals surface area contributed by atoms with Gasteiger partial charge in [-0.25, -0.2) is 0 Å². The van der Waals surface area contributed by atoms with Crippen molar-refractivity contribution in [3.8, 4) is 0 Å². The van der Waals surface area contributed by atoms with Gasteiger partial charge in [0.2, 0.25) is 0 Å². The lowest BCUT2D eigenvalue weighted by Gasteiger charge is -2.35. The van der Waals surface area contributed by atoms with Gasteiger partial charge in [0.05, 0.1) is 13.7 Å². The Kier molecular flexibility index (Phi) is 12.6. The lowest BCUT2D eigenvalue weighted by Crippen LogP contribution is -2.35. The first-order chi connectivity index (χ1) is 20.6. The van der Waals surface area contributed by atoms with Gasteiger partial charge in [-0.05, 0) is 87.2 Å². The van der Waals surface area contributed by atoms with Crippen LogP contribution >= 0.6 is 0 Å². The summed E-state index contributed by atoms with van der Waals surface area (Å²) in [5.74, 6) is 2.93. The van der Waals surface area contributed by atoms with Gasteiger partial charge in [-0.1, -0.05) is 54.6 Å². The molecule has 0 radical (unpaired) electrons. The lowest BCUT2D eigenvalue weighted by atomic mass is 10.1. The van der Waals surface area contributed by atoms with Crippen molar-refractivity contribution in [1.29, 1.82) is 0 Å². The van der Waals surface area contributed by atoms with E-state index in [1.165, 1.54) is 17.0 Å². The van der Waals surface area contributed by atoms with E-state index in [0.717, 1.165) is 53.8 Å². The Labute approximate surface area is 260 Å². The molecule has 0 saturated heterocycles. The molecule has 6 heteroatoms. The lowest BCUT2D eigenvalue weighted by molar-refractivity contribution is 0.137. The second-order valence-corrected chi connectivity index (χ2v) is 11.2. The normalized spacial score (nSPS) is 12.0. The van der Waals surface area contributed by atoms with Crippen LogP contribution in [0.15, 0.2) is 125 Å². The molecule has 3 aromatic carbocycles. The summed E-state index contributed by atoms with van der Waals surface area (Å²) >= 11 is 0. The molecule has 3 rings (SSSR count). The molecule has 0 bridgehead atoms. The molecule has 0 aliphatic heterocycles. The quantitative estimate of drug-likeness (QED) is 0.167. The Morgan fingerprint density at radius 1 is 0.581 bits per heavy atom. The average molecular weight is 583 g/mol. The largest absolute Gasteiger partial charge is 0.482 e. The zero-order valence-electron chi connectivity index (χ0n) is 27.6. The van der Waals surface area contributed by atoms with Gasteiger partial charge in [0.25, 0.3) is 0 Å². The maximum Gasteiger partial charge on any atom is 0.192 e. The maximum absolute atomic E-state index is 6.44. The van der Waals surface area contributed by atoms with E-state index >= 15 is 0 Å². The van der Waals surface area contributed by atoms with Gasteiger partial charge in [-0.15, -0.1) is 0 Å². The van der Waals surface area contributed by atoms with Crippen LogP contribution in [0.5, 0.6) is 0 Å². The van der Waals surface area contributed by atoms with Gasteiger partial charge in [-0.2, -0.15) is 0 Å². The maximum atomic E-state index is 6.44. The first kappa shape index (κ1) is 33.2. The van der Waals surface area contributed by atoms with Crippen LogP contribution in [-0.2, 0) is 9.47 Å². The van der Waals surface area contributed by atoms with Crippen LogP contribution < -0.4 is 14.7 Å². The summed E-state index contributed by atoms with van der Waals surface area (Å²) in [4.78, 5) is 8.84. The van der Waals surface area contributed by atoms with Crippen LogP contribution in [0.4, 0.5) is 17.1 Å². The Morgan fingerprint density at radius 2 is 1.05 bits per heavy atom. The summed E-state index contributed by atoms with van der Waals surface area (Å²) in [7, 11) is 9.99. The molecule has 0 N–H and O–H groups in total. The fourth-order valence-corrected chi connectivity index (χ4v) is 5.32. The van der Waals surface area contributed by atoms with Crippen molar-refractivity contribution in [2.24, 2.45) is 0 Å². The van der Waals surface area contributed by atoms with Crippen molar-refractivity contribution in [3.05, 3.63) is 125 Å². The molecule has 0 aromatic heterocycles. The molecule has 230 valence electrons. The summed E-state index contributed by atoms with van der Waals surface area (Å²) in [6, 6.07) is 31.4. The SMILES string of the molecule is CO/C(=C(/C)CCO/C(=C(/C)CCN(C(=C(C)C)N(C)c1ccccc1)c1ccccc1)N(C)C)N(C)c1ccccc1. The standard InChI is InChI=1S/C37H50N4O2/c1-29(2)35(39(7)32-19-13-10-14-20-32)41(34-23-17-12-18-24-34)27-25-30(3)36(38(5)6)43-28-26-31(4)37(42-9)40(8)33-21-15-11-16-22-33/h10-24H,25-28H2,1-9H3/b36-30-,37-31-. The summed E-state index contributed by atoms with van der Waals surface area (Å²) in [5, 5.41) is 0. The predicted octanol–water partition coefficient (Wildman–Crippen LogP) is 8.49. The number of rotatable bonds is 15. The van der Waals surface area contributed by atoms with Gasteiger partial charge < -0.3 is 29.1 Å². The molecule has 0 aliphatic rings. The fourth-order valence-electron chi connectivity index (χ4n) is 5.32. The van der Waals surface area contributed by atoms with E-state index in [1.54, 1.807) is 7.11 Å². The minimum atomic E-state index is 0.560. The Morgan fingerprint density at radius 3 is 1.51 bits per heavy atom. The molecule has 0 atom stereocenters. The number of ether oxygens (including phenoxy) is 2. The number of hydrogen-bond acceptors (Lipinski definition) is 6. The number of hydrogen-bond donors (Lipinski definition) is 0. The van der Waals surface area contributed by atoms with Crippen LogP contribution in [0.2, 0.25) is 0 Å². The number of para-hydroxylation sites is 3. The fraction of sp³-hybridized carbons (Fsp3) is 0.351. The molecule has 0 amide bonds. The summed E-state index contributed by atoms with van der Waals surface area (Å²) in [5.41, 5.74) is 6.99. The van der Waals surface area contributed by atoms with E-state index in [2.05, 4.69) is 127 Å². The van der Waals surface area contributed by atoms with Crippen LogP contribution in [0.3, 0.4) is 0 Å². The minimum absolute atomic E-state index is 0.560. The van der Waals surface area contributed by atoms with E-state index in [1.807, 2.05) is 39.3 Å². The van der Waals surface area contributed by atoms with E-state index in [9.17, 15) is 0 Å². The van der Waals surface area contributed by atoms with Gasteiger partial charge in [0.15, 0.2) is 11.8 Å². The summed E-state index contributed by atoms with van der Waals surface area (Å²) in [6.07, 6.45) is 1.60. The van der Waals surface area contributed by atoms with Gasteiger partial charge in [0.1, 0.15) is 5.82 Å². The molecule has 0 spiro atoms. The van der Waals surface area contributed by atoms with Gasteiger partial charge >= 0.3 is 0 Å². The summed E-state index contributed by atoms with van der Waals surface area (Å²) < 4.78 is 12.2. The van der Waals surface area contributed by atoms with E-state index in [0.29, 0.717) is 6.61 Å². The zero-order chi connectivity index (χ0) is 31.4. The Bertz CT molecular complexity index is 1360. The highest BCUT2D eigenvalue weighted by atomic mass is 16.5. The first-order valence-electron chi connectivity index (χ1n) is 15.0. The molecule has 0 saturated carbocycles. The third kappa shape index (κ3) is 9.08. The third-order valence-corrected chi connectivity index (χ3v) is 7.44. The molecule has 0 aliphatic carbocycles. The van der Waals surface area contributed by atoms with E-state index < -0.39 is 0 Å². The molecular formula is C37H50N4O2. The molecule has 3 aromatic rings. The Balaban J connectivity index is 1.80. The van der Waals surface area contributed by atoms with E-state index in [4.69, 9.17) is 9.47 Å². The van der Waals surface area contributed by atoms with Crippen molar-refractivity contribution in [1.82, 2.24) is 4.90 Å². The highest BCUT2D eigenvalue weighted by molar-refractivity contribution is 5.61. The number of allylic oxidation sites excluding steroid dienone is 1. The molecule has 43 heavy (non-hydrogen) atoms. The van der Waals surface area contributed by atoms with Crippen LogP contribution in [0.1, 0.15) is 40.5 Å². The van der Waals surface area contributed by atoms with Gasteiger partial charge in [0, 0.05) is 58.2 Å². The second kappa shape index (κ2) is 16.4. The average Bonchev–Trinajstić information content (AvgIpc) is 3.02. The molecule has 0 fully saturated rings. The predicted molar refractivity (Wildman–Crippen MR) is 183 cm³/mol. The van der Waals surface area contributed by atoms with Crippen molar-refractivity contribution >= 4 is 17.1 Å². The molecule has 6 nitrogen and oxygen atoms in total. The number of nitrogens with zero attached hydrogens (tertiary/aromatic N) is 4. The van der Waals surface area contributed by atoms with Crippen molar-refractivity contribution < 1.29 is 9.47 Å². The van der Waals surface area contributed by atoms with Crippen molar-refractivity contribution in [2.45, 2.75) is 40.5 Å². The molecule has 0 heterocycles. The smallest absolute Gasteiger partial charge is 0.192 e. The van der Waals surface area contributed by atoms with Crippen LogP contribution in [0, 0.1) is 0 Å². The number of methoxy groups -OCH3 is 1. The molecular weight excluding hydrogens is 532 g/mol. The zero-order valence-corrected chi connectivity index (χ0v) is 27.6. The van der Waals surface area contributed by atoms with Crippen LogP contribution in [0.25, 0.3) is 0 Å².